The molecule has 1 rings (SSSR count). The Labute approximate surface area is 96.8 Å². The molecule has 0 bridgehead atoms. The molecule has 1 aromatic rings. The van der Waals surface area contributed by atoms with Gasteiger partial charge < -0.3 is 11.1 Å². The van der Waals surface area contributed by atoms with Crippen LogP contribution in [0, 0.1) is 0 Å². The Morgan fingerprint density at radius 3 is 2.73 bits per heavy atom. The largest absolute Gasteiger partial charge is 0.396 e. The molecule has 0 radical (unpaired) electrons. The molecule has 0 aliphatic rings. The summed E-state index contributed by atoms with van der Waals surface area (Å²) in [5, 5.41) is 4.05. The van der Waals surface area contributed by atoms with Crippen molar-refractivity contribution in [2.24, 2.45) is 0 Å². The van der Waals surface area contributed by atoms with Crippen LogP contribution >= 0.6 is 11.6 Å². The summed E-state index contributed by atoms with van der Waals surface area (Å²) < 4.78 is 0. The Balaban J connectivity index is 2.74. The van der Waals surface area contributed by atoms with Gasteiger partial charge in [-0.05, 0) is 25.0 Å². The Morgan fingerprint density at radius 1 is 1.40 bits per heavy atom. The normalized spacial score (nSPS) is 12.5. The van der Waals surface area contributed by atoms with E-state index >= 15 is 0 Å². The molecular weight excluding hydrogens is 208 g/mol. The van der Waals surface area contributed by atoms with Crippen LogP contribution < -0.4 is 11.1 Å². The van der Waals surface area contributed by atoms with Gasteiger partial charge in [0.25, 0.3) is 0 Å². The minimum absolute atomic E-state index is 0.482. The third kappa shape index (κ3) is 3.31. The minimum Gasteiger partial charge on any atom is -0.396 e. The summed E-state index contributed by atoms with van der Waals surface area (Å²) in [6.07, 6.45) is 3.42. The molecule has 0 aromatic heterocycles. The van der Waals surface area contributed by atoms with Crippen LogP contribution in [0.5, 0.6) is 0 Å². The summed E-state index contributed by atoms with van der Waals surface area (Å²) in [6, 6.07) is 6.18. The first-order valence-electron chi connectivity index (χ1n) is 5.49. The van der Waals surface area contributed by atoms with E-state index in [1.54, 1.807) is 0 Å². The SMILES string of the molecule is CCCC(CC)Nc1cccc(Cl)c1N. The van der Waals surface area contributed by atoms with Crippen LogP contribution in [0.4, 0.5) is 11.4 Å². The smallest absolute Gasteiger partial charge is 0.0739 e. The lowest BCUT2D eigenvalue weighted by Gasteiger charge is -2.19. The van der Waals surface area contributed by atoms with Crippen molar-refractivity contribution in [2.45, 2.75) is 39.2 Å². The summed E-state index contributed by atoms with van der Waals surface area (Å²) in [5.41, 5.74) is 7.48. The Bertz CT molecular complexity index is 312. The van der Waals surface area contributed by atoms with Gasteiger partial charge in [0.2, 0.25) is 0 Å². The average Bonchev–Trinajstić information content (AvgIpc) is 2.24. The summed E-state index contributed by atoms with van der Waals surface area (Å²) >= 11 is 5.95. The maximum Gasteiger partial charge on any atom is 0.0739 e. The number of nitrogens with two attached hydrogens (primary N) is 1. The highest BCUT2D eigenvalue weighted by molar-refractivity contribution is 6.33. The van der Waals surface area contributed by atoms with E-state index in [0.29, 0.717) is 16.8 Å². The van der Waals surface area contributed by atoms with Crippen molar-refractivity contribution in [3.05, 3.63) is 23.2 Å². The summed E-state index contributed by atoms with van der Waals surface area (Å²) in [6.45, 7) is 4.36. The summed E-state index contributed by atoms with van der Waals surface area (Å²) in [7, 11) is 0. The summed E-state index contributed by atoms with van der Waals surface area (Å²) in [4.78, 5) is 0. The van der Waals surface area contributed by atoms with Crippen molar-refractivity contribution >= 4 is 23.0 Å². The molecule has 0 saturated heterocycles. The lowest BCUT2D eigenvalue weighted by atomic mass is 10.1. The molecule has 0 aliphatic carbocycles. The third-order valence-electron chi connectivity index (χ3n) is 2.54. The van der Waals surface area contributed by atoms with Gasteiger partial charge >= 0.3 is 0 Å². The second kappa shape index (κ2) is 5.86. The maximum absolute atomic E-state index is 5.95. The van der Waals surface area contributed by atoms with Gasteiger partial charge in [0.15, 0.2) is 0 Å². The fourth-order valence-corrected chi connectivity index (χ4v) is 1.78. The third-order valence-corrected chi connectivity index (χ3v) is 2.87. The van der Waals surface area contributed by atoms with Gasteiger partial charge in [-0.2, -0.15) is 0 Å². The molecule has 2 nitrogen and oxygen atoms in total. The van der Waals surface area contributed by atoms with Crippen LogP contribution in [0.15, 0.2) is 18.2 Å². The molecule has 1 aromatic carbocycles. The highest BCUT2D eigenvalue weighted by atomic mass is 35.5. The number of hydrogen-bond acceptors (Lipinski definition) is 2. The fraction of sp³-hybridized carbons (Fsp3) is 0.500. The van der Waals surface area contributed by atoms with Crippen LogP contribution in [0.1, 0.15) is 33.1 Å². The fourth-order valence-electron chi connectivity index (χ4n) is 1.61. The number of rotatable bonds is 5. The predicted molar refractivity (Wildman–Crippen MR) is 68.5 cm³/mol. The standard InChI is InChI=1S/C12H19ClN2/c1-3-6-9(4-2)15-11-8-5-7-10(13)12(11)14/h5,7-9,15H,3-4,6,14H2,1-2H3. The van der Waals surface area contributed by atoms with Crippen LogP contribution in [0.25, 0.3) is 0 Å². The van der Waals surface area contributed by atoms with Gasteiger partial charge in [-0.3, -0.25) is 0 Å². The molecule has 0 aliphatic heterocycles. The number of nitrogen functional groups attached to an aromatic ring is 1. The lowest BCUT2D eigenvalue weighted by Crippen LogP contribution is -2.18. The first kappa shape index (κ1) is 12.2. The van der Waals surface area contributed by atoms with E-state index in [-0.39, 0.29) is 0 Å². The van der Waals surface area contributed by atoms with E-state index in [9.17, 15) is 0 Å². The monoisotopic (exact) mass is 226 g/mol. The molecule has 84 valence electrons. The maximum atomic E-state index is 5.95. The number of para-hydroxylation sites is 1. The molecule has 0 amide bonds. The summed E-state index contributed by atoms with van der Waals surface area (Å²) in [5.74, 6) is 0. The average molecular weight is 227 g/mol. The van der Waals surface area contributed by atoms with Gasteiger partial charge in [-0.25, -0.2) is 0 Å². The van der Waals surface area contributed by atoms with Crippen molar-refractivity contribution in [3.63, 3.8) is 0 Å². The first-order valence-corrected chi connectivity index (χ1v) is 5.87. The van der Waals surface area contributed by atoms with Gasteiger partial charge in [0.1, 0.15) is 0 Å². The molecule has 1 atom stereocenters. The molecule has 0 fully saturated rings. The topological polar surface area (TPSA) is 38.0 Å². The van der Waals surface area contributed by atoms with Gasteiger partial charge in [-0.15, -0.1) is 0 Å². The zero-order chi connectivity index (χ0) is 11.3. The number of benzene rings is 1. The van der Waals surface area contributed by atoms with Crippen molar-refractivity contribution < 1.29 is 0 Å². The van der Waals surface area contributed by atoms with Crippen LogP contribution in [0.3, 0.4) is 0 Å². The Kier molecular flexibility index (Phi) is 4.76. The minimum atomic E-state index is 0.482. The number of halogens is 1. The molecule has 0 heterocycles. The Hall–Kier alpha value is -0.890. The van der Waals surface area contributed by atoms with Gasteiger partial charge in [0.05, 0.1) is 16.4 Å². The first-order chi connectivity index (χ1) is 7.19. The molecule has 15 heavy (non-hydrogen) atoms. The lowest BCUT2D eigenvalue weighted by molar-refractivity contribution is 0.623. The molecule has 0 spiro atoms. The van der Waals surface area contributed by atoms with Crippen molar-refractivity contribution in [2.75, 3.05) is 11.1 Å². The van der Waals surface area contributed by atoms with Crippen LogP contribution in [-0.4, -0.2) is 6.04 Å². The second-order valence-corrected chi connectivity index (χ2v) is 4.15. The van der Waals surface area contributed by atoms with E-state index in [0.717, 1.165) is 18.5 Å². The van der Waals surface area contributed by atoms with E-state index in [4.69, 9.17) is 17.3 Å². The van der Waals surface area contributed by atoms with Crippen molar-refractivity contribution in [1.29, 1.82) is 0 Å². The molecule has 3 heteroatoms. The van der Waals surface area contributed by atoms with Crippen molar-refractivity contribution in [3.8, 4) is 0 Å². The molecule has 3 N–H and O–H groups in total. The zero-order valence-corrected chi connectivity index (χ0v) is 10.1. The van der Waals surface area contributed by atoms with E-state index in [1.165, 1.54) is 6.42 Å². The molecular formula is C12H19ClN2. The van der Waals surface area contributed by atoms with Gasteiger partial charge in [0, 0.05) is 6.04 Å². The number of nitrogens with one attached hydrogen (secondary N) is 1. The predicted octanol–water partition coefficient (Wildman–Crippen LogP) is 3.91. The zero-order valence-electron chi connectivity index (χ0n) is 9.39. The molecule has 0 saturated carbocycles. The number of hydrogen-bond donors (Lipinski definition) is 2. The van der Waals surface area contributed by atoms with E-state index < -0.39 is 0 Å². The quantitative estimate of drug-likeness (QED) is 0.747. The van der Waals surface area contributed by atoms with Crippen LogP contribution in [0.2, 0.25) is 5.02 Å². The second-order valence-electron chi connectivity index (χ2n) is 3.74. The highest BCUT2D eigenvalue weighted by Gasteiger charge is 2.08. The number of anilines is 2. The van der Waals surface area contributed by atoms with E-state index in [1.807, 2.05) is 18.2 Å². The Morgan fingerprint density at radius 2 is 2.13 bits per heavy atom. The van der Waals surface area contributed by atoms with Gasteiger partial charge in [-0.1, -0.05) is 37.9 Å². The highest BCUT2D eigenvalue weighted by Crippen LogP contribution is 2.27. The van der Waals surface area contributed by atoms with Crippen molar-refractivity contribution in [1.82, 2.24) is 0 Å². The molecule has 1 unspecified atom stereocenters. The van der Waals surface area contributed by atoms with Crippen LogP contribution in [-0.2, 0) is 0 Å². The van der Waals surface area contributed by atoms with E-state index in [2.05, 4.69) is 19.2 Å².